The van der Waals surface area contributed by atoms with Crippen molar-refractivity contribution >= 4 is 5.97 Å². The molecule has 1 saturated carbocycles. The van der Waals surface area contributed by atoms with Gasteiger partial charge in [-0.2, -0.15) is 0 Å². The van der Waals surface area contributed by atoms with Crippen molar-refractivity contribution in [1.29, 1.82) is 0 Å². The topological polar surface area (TPSA) is 66.8 Å². The van der Waals surface area contributed by atoms with Crippen LogP contribution in [0.2, 0.25) is 0 Å². The van der Waals surface area contributed by atoms with Crippen LogP contribution in [0.3, 0.4) is 0 Å². The van der Waals surface area contributed by atoms with E-state index in [2.05, 4.69) is 0 Å². The summed E-state index contributed by atoms with van der Waals surface area (Å²) in [6, 6.07) is 1.96. The number of rotatable bonds is 5. The summed E-state index contributed by atoms with van der Waals surface area (Å²) in [6.45, 7) is 3.75. The number of aryl methyl sites for hydroxylation is 1. The molecule has 0 heterocycles. The quantitative estimate of drug-likeness (QED) is 0.858. The van der Waals surface area contributed by atoms with Crippen LogP contribution in [0.5, 0.6) is 11.5 Å². The first-order valence-corrected chi connectivity index (χ1v) is 6.54. The molecular formula is C15H20O4. The van der Waals surface area contributed by atoms with Crippen LogP contribution in [-0.4, -0.2) is 23.3 Å². The first-order chi connectivity index (χ1) is 8.95. The highest BCUT2D eigenvalue weighted by Gasteiger charge is 2.36. The summed E-state index contributed by atoms with van der Waals surface area (Å²) in [4.78, 5) is 11.0. The normalized spacial score (nSPS) is 16.2. The van der Waals surface area contributed by atoms with Gasteiger partial charge in [-0.3, -0.25) is 4.79 Å². The van der Waals surface area contributed by atoms with Crippen LogP contribution in [0.15, 0.2) is 6.07 Å². The summed E-state index contributed by atoms with van der Waals surface area (Å²) in [5.41, 5.74) is 2.57. The van der Waals surface area contributed by atoms with E-state index in [1.807, 2.05) is 19.9 Å². The number of carbonyl (C=O) groups is 1. The van der Waals surface area contributed by atoms with Crippen molar-refractivity contribution in [2.24, 2.45) is 5.92 Å². The highest BCUT2D eigenvalue weighted by molar-refractivity contribution is 5.69. The van der Waals surface area contributed by atoms with Crippen molar-refractivity contribution < 1.29 is 19.7 Å². The Morgan fingerprint density at radius 3 is 2.58 bits per heavy atom. The van der Waals surface area contributed by atoms with Crippen LogP contribution < -0.4 is 4.74 Å². The van der Waals surface area contributed by atoms with Gasteiger partial charge in [0.15, 0.2) is 11.5 Å². The smallest absolute Gasteiger partial charge is 0.303 e. The van der Waals surface area contributed by atoms with E-state index < -0.39 is 5.97 Å². The number of aromatic hydroxyl groups is 1. The molecule has 19 heavy (non-hydrogen) atoms. The summed E-state index contributed by atoms with van der Waals surface area (Å²) in [5.74, 6) is 0.0793. The molecule has 104 valence electrons. The van der Waals surface area contributed by atoms with Crippen molar-refractivity contribution in [2.45, 2.75) is 39.0 Å². The standard InChI is InChI=1S/C15H20O4/c1-8-6-12(15(19-3)14(18)9(8)2)11(7-13(16)17)10-4-5-10/h6,10-11,18H,4-5,7H2,1-3H3,(H,16,17). The predicted molar refractivity (Wildman–Crippen MR) is 71.9 cm³/mol. The Labute approximate surface area is 113 Å². The number of benzene rings is 1. The SMILES string of the molecule is COc1c(C(CC(=O)O)C2CC2)cc(C)c(C)c1O. The number of phenols is 1. The summed E-state index contributed by atoms with van der Waals surface area (Å²) >= 11 is 0. The van der Waals surface area contributed by atoms with Gasteiger partial charge in [0, 0.05) is 11.5 Å². The Balaban J connectivity index is 2.49. The average Bonchev–Trinajstić information content (AvgIpc) is 3.17. The predicted octanol–water partition coefficient (Wildman–Crippen LogP) is 2.99. The van der Waals surface area contributed by atoms with Gasteiger partial charge in [-0.1, -0.05) is 6.07 Å². The zero-order valence-corrected chi connectivity index (χ0v) is 11.6. The number of carboxylic acids is 1. The second-order valence-corrected chi connectivity index (χ2v) is 5.33. The van der Waals surface area contributed by atoms with Gasteiger partial charge >= 0.3 is 5.97 Å². The Kier molecular flexibility index (Phi) is 3.69. The Hall–Kier alpha value is -1.71. The Bertz CT molecular complexity index is 503. The van der Waals surface area contributed by atoms with Gasteiger partial charge in [0.1, 0.15) is 0 Å². The summed E-state index contributed by atoms with van der Waals surface area (Å²) < 4.78 is 5.31. The fourth-order valence-electron chi connectivity index (χ4n) is 2.61. The number of ether oxygens (including phenoxy) is 1. The van der Waals surface area contributed by atoms with Crippen LogP contribution in [0.25, 0.3) is 0 Å². The lowest BCUT2D eigenvalue weighted by Crippen LogP contribution is -2.10. The molecule has 2 rings (SSSR count). The summed E-state index contributed by atoms with van der Waals surface area (Å²) in [5, 5.41) is 19.2. The molecule has 1 aliphatic rings. The van der Waals surface area contributed by atoms with E-state index in [1.54, 1.807) is 0 Å². The molecule has 0 spiro atoms. The minimum atomic E-state index is -0.809. The minimum Gasteiger partial charge on any atom is -0.504 e. The minimum absolute atomic E-state index is 0.0716. The largest absolute Gasteiger partial charge is 0.504 e. The first-order valence-electron chi connectivity index (χ1n) is 6.54. The van der Waals surface area contributed by atoms with Crippen LogP contribution in [0, 0.1) is 19.8 Å². The molecule has 0 radical (unpaired) electrons. The van der Waals surface area contributed by atoms with E-state index in [0.29, 0.717) is 11.7 Å². The second-order valence-electron chi connectivity index (χ2n) is 5.33. The zero-order valence-electron chi connectivity index (χ0n) is 11.6. The van der Waals surface area contributed by atoms with Crippen LogP contribution in [-0.2, 0) is 4.79 Å². The molecule has 0 aromatic heterocycles. The van der Waals surface area contributed by atoms with Crippen molar-refractivity contribution in [3.05, 3.63) is 22.8 Å². The van der Waals surface area contributed by atoms with E-state index in [-0.39, 0.29) is 18.1 Å². The number of phenolic OH excluding ortho intramolecular Hbond substituents is 1. The lowest BCUT2D eigenvalue weighted by molar-refractivity contribution is -0.137. The molecule has 0 amide bonds. The molecule has 1 aliphatic carbocycles. The maximum absolute atomic E-state index is 11.0. The van der Waals surface area contributed by atoms with Gasteiger partial charge < -0.3 is 14.9 Å². The van der Waals surface area contributed by atoms with Crippen molar-refractivity contribution in [1.82, 2.24) is 0 Å². The fourth-order valence-corrected chi connectivity index (χ4v) is 2.61. The first kappa shape index (κ1) is 13.7. The van der Waals surface area contributed by atoms with Crippen molar-refractivity contribution in [3.63, 3.8) is 0 Å². The second kappa shape index (κ2) is 5.11. The molecule has 1 atom stereocenters. The molecule has 0 saturated heterocycles. The summed E-state index contributed by atoms with van der Waals surface area (Å²) in [7, 11) is 1.51. The zero-order chi connectivity index (χ0) is 14.2. The maximum Gasteiger partial charge on any atom is 0.303 e. The number of aliphatic carboxylic acids is 1. The van der Waals surface area contributed by atoms with E-state index in [9.17, 15) is 9.90 Å². The molecule has 4 nitrogen and oxygen atoms in total. The van der Waals surface area contributed by atoms with E-state index in [0.717, 1.165) is 29.5 Å². The lowest BCUT2D eigenvalue weighted by atomic mass is 9.87. The molecule has 0 aliphatic heterocycles. The van der Waals surface area contributed by atoms with E-state index >= 15 is 0 Å². The van der Waals surface area contributed by atoms with Gasteiger partial charge in [-0.05, 0) is 43.7 Å². The third-order valence-electron chi connectivity index (χ3n) is 3.99. The molecule has 1 aromatic carbocycles. The van der Waals surface area contributed by atoms with E-state index in [1.165, 1.54) is 7.11 Å². The number of hydrogen-bond acceptors (Lipinski definition) is 3. The van der Waals surface area contributed by atoms with Gasteiger partial charge in [0.25, 0.3) is 0 Å². The highest BCUT2D eigenvalue weighted by Crippen LogP contribution is 2.49. The summed E-state index contributed by atoms with van der Waals surface area (Å²) in [6.07, 6.45) is 2.19. The molecule has 2 N–H and O–H groups in total. The van der Waals surface area contributed by atoms with Gasteiger partial charge in [0.05, 0.1) is 13.5 Å². The fraction of sp³-hybridized carbons (Fsp3) is 0.533. The number of hydrogen-bond donors (Lipinski definition) is 2. The Morgan fingerprint density at radius 1 is 1.47 bits per heavy atom. The number of carboxylic acid groups (broad SMARTS) is 1. The molecular weight excluding hydrogens is 244 g/mol. The lowest BCUT2D eigenvalue weighted by Gasteiger charge is -2.21. The maximum atomic E-state index is 11.0. The monoisotopic (exact) mass is 264 g/mol. The third-order valence-corrected chi connectivity index (χ3v) is 3.99. The van der Waals surface area contributed by atoms with Gasteiger partial charge in [-0.25, -0.2) is 0 Å². The molecule has 0 bridgehead atoms. The van der Waals surface area contributed by atoms with Gasteiger partial charge in [0.2, 0.25) is 0 Å². The Morgan fingerprint density at radius 2 is 2.11 bits per heavy atom. The highest BCUT2D eigenvalue weighted by atomic mass is 16.5. The van der Waals surface area contributed by atoms with Crippen LogP contribution in [0.1, 0.15) is 41.9 Å². The van der Waals surface area contributed by atoms with Crippen molar-refractivity contribution in [2.75, 3.05) is 7.11 Å². The molecule has 1 fully saturated rings. The average molecular weight is 264 g/mol. The van der Waals surface area contributed by atoms with Gasteiger partial charge in [-0.15, -0.1) is 0 Å². The number of methoxy groups -OCH3 is 1. The molecule has 4 heteroatoms. The van der Waals surface area contributed by atoms with E-state index in [4.69, 9.17) is 9.84 Å². The third kappa shape index (κ3) is 2.67. The van der Waals surface area contributed by atoms with Crippen molar-refractivity contribution in [3.8, 4) is 11.5 Å². The van der Waals surface area contributed by atoms with Crippen LogP contribution >= 0.6 is 0 Å². The van der Waals surface area contributed by atoms with Crippen LogP contribution in [0.4, 0.5) is 0 Å². The molecule has 1 aromatic rings. The molecule has 1 unspecified atom stereocenters.